The molecule has 0 radical (unpaired) electrons. The Balaban J connectivity index is 2.46. The second-order valence-corrected chi connectivity index (χ2v) is 6.75. The monoisotopic (exact) mass is 311 g/mol. The fourth-order valence-electron chi connectivity index (χ4n) is 2.41. The quantitative estimate of drug-likeness (QED) is 0.795. The molecule has 0 fully saturated rings. The highest BCUT2D eigenvalue weighted by Crippen LogP contribution is 2.34. The zero-order valence-electron chi connectivity index (χ0n) is 12.0. The Morgan fingerprint density at radius 1 is 1.30 bits per heavy atom. The van der Waals surface area contributed by atoms with Crippen LogP contribution in [0, 0.1) is 19.7 Å². The van der Waals surface area contributed by atoms with Crippen LogP contribution in [-0.4, -0.2) is 6.54 Å². The van der Waals surface area contributed by atoms with Gasteiger partial charge < -0.3 is 5.32 Å². The topological polar surface area (TPSA) is 12.0 Å². The van der Waals surface area contributed by atoms with Crippen molar-refractivity contribution in [1.82, 2.24) is 5.32 Å². The number of rotatable bonds is 5. The van der Waals surface area contributed by atoms with E-state index in [0.717, 1.165) is 38.9 Å². The van der Waals surface area contributed by atoms with E-state index in [1.165, 1.54) is 11.3 Å². The minimum absolute atomic E-state index is 0.131. The highest BCUT2D eigenvalue weighted by Gasteiger charge is 2.21. The molecule has 1 N–H and O–H groups in total. The van der Waals surface area contributed by atoms with Crippen LogP contribution >= 0.6 is 22.9 Å². The molecule has 1 nitrogen and oxygen atoms in total. The lowest BCUT2D eigenvalue weighted by molar-refractivity contribution is 0.547. The lowest BCUT2D eigenvalue weighted by Crippen LogP contribution is -2.24. The summed E-state index contributed by atoms with van der Waals surface area (Å²) in [6.07, 6.45) is 1.00. The lowest BCUT2D eigenvalue weighted by Gasteiger charge is -2.21. The molecule has 1 heterocycles. The zero-order chi connectivity index (χ0) is 14.7. The summed E-state index contributed by atoms with van der Waals surface area (Å²) in [6, 6.07) is 7.32. The molecule has 0 saturated heterocycles. The Hall–Kier alpha value is -0.900. The van der Waals surface area contributed by atoms with Crippen LogP contribution in [-0.2, 0) is 0 Å². The number of hydrogen-bond acceptors (Lipinski definition) is 2. The number of halogens is 2. The number of nitrogens with one attached hydrogen (secondary N) is 1. The first-order valence-corrected chi connectivity index (χ1v) is 7.97. The first-order chi connectivity index (χ1) is 9.52. The van der Waals surface area contributed by atoms with Gasteiger partial charge in [-0.15, -0.1) is 11.3 Å². The molecule has 1 atom stereocenters. The van der Waals surface area contributed by atoms with Gasteiger partial charge in [-0.05, 0) is 56.1 Å². The third-order valence-corrected chi connectivity index (χ3v) is 4.54. The summed E-state index contributed by atoms with van der Waals surface area (Å²) in [5, 5.41) is 3.43. The molecule has 0 bridgehead atoms. The Kier molecular flexibility index (Phi) is 5.19. The van der Waals surface area contributed by atoms with E-state index in [0.29, 0.717) is 0 Å². The molecule has 1 aromatic carbocycles. The van der Waals surface area contributed by atoms with Crippen molar-refractivity contribution in [3.63, 3.8) is 0 Å². The molecule has 1 aromatic heterocycles. The van der Waals surface area contributed by atoms with Gasteiger partial charge in [-0.2, -0.15) is 0 Å². The van der Waals surface area contributed by atoms with Crippen molar-refractivity contribution >= 4 is 22.9 Å². The standard InChI is InChI=1S/C16H19ClFNS/c1-4-7-19-16(13-5-6-14(17)20-13)15-11(3)8-10(2)9-12(15)18/h5-6,8-9,16,19H,4,7H2,1-3H3. The number of benzene rings is 1. The molecule has 0 saturated carbocycles. The van der Waals surface area contributed by atoms with Crippen molar-refractivity contribution in [2.75, 3.05) is 6.54 Å². The molecule has 20 heavy (non-hydrogen) atoms. The first-order valence-electron chi connectivity index (χ1n) is 6.78. The summed E-state index contributed by atoms with van der Waals surface area (Å²) in [5.41, 5.74) is 2.64. The van der Waals surface area contributed by atoms with Crippen LogP contribution in [0.3, 0.4) is 0 Å². The van der Waals surface area contributed by atoms with Crippen molar-refractivity contribution in [1.29, 1.82) is 0 Å². The van der Waals surface area contributed by atoms with Crippen LogP contribution in [0.2, 0.25) is 4.34 Å². The minimum atomic E-state index is -0.152. The van der Waals surface area contributed by atoms with E-state index < -0.39 is 0 Å². The highest BCUT2D eigenvalue weighted by atomic mass is 35.5. The second-order valence-electron chi connectivity index (χ2n) is 5.01. The van der Waals surface area contributed by atoms with Crippen molar-refractivity contribution in [3.8, 4) is 0 Å². The zero-order valence-corrected chi connectivity index (χ0v) is 13.5. The molecular weight excluding hydrogens is 293 g/mol. The van der Waals surface area contributed by atoms with Gasteiger partial charge in [0.15, 0.2) is 0 Å². The SMILES string of the molecule is CCCNC(c1ccc(Cl)s1)c1c(C)cc(C)cc1F. The average Bonchev–Trinajstić information content (AvgIpc) is 2.78. The maximum Gasteiger partial charge on any atom is 0.128 e. The number of hydrogen-bond donors (Lipinski definition) is 1. The van der Waals surface area contributed by atoms with Gasteiger partial charge in [0.25, 0.3) is 0 Å². The largest absolute Gasteiger partial charge is 0.305 e. The second kappa shape index (κ2) is 6.70. The van der Waals surface area contributed by atoms with Crippen molar-refractivity contribution in [3.05, 3.63) is 56.0 Å². The van der Waals surface area contributed by atoms with E-state index in [4.69, 9.17) is 11.6 Å². The van der Waals surface area contributed by atoms with E-state index in [1.807, 2.05) is 32.0 Å². The van der Waals surface area contributed by atoms with Crippen LogP contribution < -0.4 is 5.32 Å². The number of aryl methyl sites for hydroxylation is 2. The third-order valence-electron chi connectivity index (χ3n) is 3.25. The fourth-order valence-corrected chi connectivity index (χ4v) is 3.56. The van der Waals surface area contributed by atoms with E-state index in [1.54, 1.807) is 6.07 Å². The molecule has 2 aromatic rings. The molecular formula is C16H19ClFNS. The lowest BCUT2D eigenvalue weighted by atomic mass is 9.97. The molecule has 2 rings (SSSR count). The van der Waals surface area contributed by atoms with E-state index >= 15 is 0 Å². The third kappa shape index (κ3) is 3.40. The van der Waals surface area contributed by atoms with Crippen molar-refractivity contribution in [2.24, 2.45) is 0 Å². The van der Waals surface area contributed by atoms with Crippen molar-refractivity contribution < 1.29 is 4.39 Å². The Morgan fingerprint density at radius 3 is 2.60 bits per heavy atom. The molecule has 1 unspecified atom stereocenters. The van der Waals surface area contributed by atoms with Gasteiger partial charge in [0.1, 0.15) is 5.82 Å². The van der Waals surface area contributed by atoms with E-state index in [-0.39, 0.29) is 11.9 Å². The van der Waals surface area contributed by atoms with Gasteiger partial charge in [0.2, 0.25) is 0 Å². The van der Waals surface area contributed by atoms with Crippen LogP contribution in [0.15, 0.2) is 24.3 Å². The molecule has 0 amide bonds. The van der Waals surface area contributed by atoms with Gasteiger partial charge >= 0.3 is 0 Å². The number of thiophene rings is 1. The molecule has 108 valence electrons. The van der Waals surface area contributed by atoms with Crippen LogP contribution in [0.5, 0.6) is 0 Å². The van der Waals surface area contributed by atoms with Crippen molar-refractivity contribution in [2.45, 2.75) is 33.2 Å². The summed E-state index contributed by atoms with van der Waals surface area (Å²) in [4.78, 5) is 1.05. The molecule has 4 heteroatoms. The minimum Gasteiger partial charge on any atom is -0.305 e. The summed E-state index contributed by atoms with van der Waals surface area (Å²) in [5.74, 6) is -0.152. The first kappa shape index (κ1) is 15.5. The summed E-state index contributed by atoms with van der Waals surface area (Å²) >= 11 is 7.53. The van der Waals surface area contributed by atoms with Gasteiger partial charge in [0.05, 0.1) is 10.4 Å². The Labute approximate surface area is 128 Å². The molecule has 0 aliphatic rings. The summed E-state index contributed by atoms with van der Waals surface area (Å²) in [7, 11) is 0. The maximum atomic E-state index is 14.4. The normalized spacial score (nSPS) is 12.7. The fraction of sp³-hybridized carbons (Fsp3) is 0.375. The maximum absolute atomic E-state index is 14.4. The van der Waals surface area contributed by atoms with Gasteiger partial charge in [-0.3, -0.25) is 0 Å². The van der Waals surface area contributed by atoms with Gasteiger partial charge in [0, 0.05) is 10.4 Å². The van der Waals surface area contributed by atoms with E-state index in [9.17, 15) is 4.39 Å². The molecule has 0 spiro atoms. The average molecular weight is 312 g/mol. The predicted molar refractivity (Wildman–Crippen MR) is 85.3 cm³/mol. The van der Waals surface area contributed by atoms with E-state index in [2.05, 4.69) is 12.2 Å². The molecule has 0 aliphatic carbocycles. The Morgan fingerprint density at radius 2 is 2.05 bits per heavy atom. The predicted octanol–water partition coefficient (Wildman–Crippen LogP) is 5.25. The van der Waals surface area contributed by atoms with Crippen LogP contribution in [0.25, 0.3) is 0 Å². The molecule has 0 aliphatic heterocycles. The Bertz CT molecular complexity index is 571. The summed E-state index contributed by atoms with van der Waals surface area (Å²) < 4.78 is 15.1. The van der Waals surface area contributed by atoms with Gasteiger partial charge in [-0.1, -0.05) is 24.6 Å². The van der Waals surface area contributed by atoms with Crippen LogP contribution in [0.1, 0.15) is 41.0 Å². The van der Waals surface area contributed by atoms with Gasteiger partial charge in [-0.25, -0.2) is 4.39 Å². The highest BCUT2D eigenvalue weighted by molar-refractivity contribution is 7.16. The smallest absolute Gasteiger partial charge is 0.128 e. The summed E-state index contributed by atoms with van der Waals surface area (Å²) in [6.45, 7) is 6.81. The van der Waals surface area contributed by atoms with Crippen LogP contribution in [0.4, 0.5) is 4.39 Å².